The van der Waals surface area contributed by atoms with Gasteiger partial charge in [0, 0.05) is 18.8 Å². The maximum Gasteiger partial charge on any atom is 0.268 e. The molecule has 7 heteroatoms. The number of carbonyl (C=O) groups excluding carboxylic acids is 1. The minimum absolute atomic E-state index is 0.0256. The van der Waals surface area contributed by atoms with Crippen LogP contribution in [0.25, 0.3) is 0 Å². The SMILES string of the molecule is CCC1CC1NC(=O)c1cc(S(N)(=O)=O)cn1CC. The lowest BCUT2D eigenvalue weighted by atomic mass is 10.3. The van der Waals surface area contributed by atoms with Crippen molar-refractivity contribution < 1.29 is 13.2 Å². The molecule has 3 N–H and O–H groups in total. The minimum Gasteiger partial charge on any atom is -0.348 e. The monoisotopic (exact) mass is 285 g/mol. The van der Waals surface area contributed by atoms with E-state index in [2.05, 4.69) is 12.2 Å². The van der Waals surface area contributed by atoms with Crippen LogP contribution in [0.1, 0.15) is 37.2 Å². The number of sulfonamides is 1. The molecule has 0 aromatic carbocycles. The molecule has 1 aromatic rings. The molecule has 2 atom stereocenters. The summed E-state index contributed by atoms with van der Waals surface area (Å²) in [5.41, 5.74) is 0.341. The maximum absolute atomic E-state index is 12.1. The van der Waals surface area contributed by atoms with Crippen LogP contribution in [-0.2, 0) is 16.6 Å². The number of hydrogen-bond donors (Lipinski definition) is 2. The van der Waals surface area contributed by atoms with E-state index in [1.54, 1.807) is 4.57 Å². The van der Waals surface area contributed by atoms with Crippen LogP contribution < -0.4 is 10.5 Å². The van der Waals surface area contributed by atoms with Crippen LogP contribution in [0.15, 0.2) is 17.2 Å². The standard InChI is InChI=1S/C12H19N3O3S/c1-3-8-5-10(8)14-12(16)11-6-9(19(13,17)18)7-15(11)4-2/h6-8,10H,3-5H2,1-2H3,(H,14,16)(H2,13,17,18). The Hall–Kier alpha value is -1.34. The summed E-state index contributed by atoms with van der Waals surface area (Å²) in [7, 11) is -3.78. The van der Waals surface area contributed by atoms with Crippen LogP contribution in [0.2, 0.25) is 0 Å². The quantitative estimate of drug-likeness (QED) is 0.833. The summed E-state index contributed by atoms with van der Waals surface area (Å²) < 4.78 is 24.2. The van der Waals surface area contributed by atoms with E-state index in [9.17, 15) is 13.2 Å². The van der Waals surface area contributed by atoms with Crippen molar-refractivity contribution in [3.05, 3.63) is 18.0 Å². The van der Waals surface area contributed by atoms with Gasteiger partial charge in [0.25, 0.3) is 5.91 Å². The number of rotatable bonds is 5. The van der Waals surface area contributed by atoms with Gasteiger partial charge in [-0.25, -0.2) is 13.6 Å². The number of aryl methyl sites for hydroxylation is 1. The topological polar surface area (TPSA) is 94.2 Å². The summed E-state index contributed by atoms with van der Waals surface area (Å²) >= 11 is 0. The fourth-order valence-corrected chi connectivity index (χ4v) is 2.76. The van der Waals surface area contributed by atoms with Crippen molar-refractivity contribution in [2.24, 2.45) is 11.1 Å². The van der Waals surface area contributed by atoms with E-state index in [0.29, 0.717) is 18.2 Å². The van der Waals surface area contributed by atoms with Gasteiger partial charge in [0.2, 0.25) is 10.0 Å². The fraction of sp³-hybridized carbons (Fsp3) is 0.583. The van der Waals surface area contributed by atoms with E-state index in [-0.39, 0.29) is 16.8 Å². The number of nitrogens with one attached hydrogen (secondary N) is 1. The van der Waals surface area contributed by atoms with E-state index in [4.69, 9.17) is 5.14 Å². The van der Waals surface area contributed by atoms with E-state index in [1.165, 1.54) is 12.3 Å². The molecule has 1 aliphatic carbocycles. The highest BCUT2D eigenvalue weighted by molar-refractivity contribution is 7.89. The molecule has 1 aliphatic rings. The van der Waals surface area contributed by atoms with Crippen molar-refractivity contribution in [2.45, 2.75) is 44.2 Å². The molecule has 0 radical (unpaired) electrons. The van der Waals surface area contributed by atoms with Gasteiger partial charge in [-0.05, 0) is 25.3 Å². The summed E-state index contributed by atoms with van der Waals surface area (Å²) in [6, 6.07) is 1.55. The molecular weight excluding hydrogens is 266 g/mol. The lowest BCUT2D eigenvalue weighted by molar-refractivity contribution is 0.0940. The predicted octanol–water partition coefficient (Wildman–Crippen LogP) is 0.684. The second kappa shape index (κ2) is 4.97. The first-order valence-corrected chi connectivity index (χ1v) is 7.95. The number of carbonyl (C=O) groups is 1. The summed E-state index contributed by atoms with van der Waals surface area (Å²) in [6.45, 7) is 4.44. The van der Waals surface area contributed by atoms with Crippen molar-refractivity contribution in [2.75, 3.05) is 0 Å². The third-order valence-corrected chi connectivity index (χ3v) is 4.42. The molecule has 2 unspecified atom stereocenters. The largest absolute Gasteiger partial charge is 0.348 e. The van der Waals surface area contributed by atoms with Gasteiger partial charge in [0.1, 0.15) is 10.6 Å². The van der Waals surface area contributed by atoms with E-state index in [1.807, 2.05) is 6.92 Å². The van der Waals surface area contributed by atoms with Gasteiger partial charge in [-0.2, -0.15) is 0 Å². The van der Waals surface area contributed by atoms with Gasteiger partial charge in [0.05, 0.1) is 0 Å². The van der Waals surface area contributed by atoms with Crippen LogP contribution in [0.5, 0.6) is 0 Å². The second-order valence-electron chi connectivity index (χ2n) is 4.88. The lowest BCUT2D eigenvalue weighted by Crippen LogP contribution is -2.28. The molecule has 0 aliphatic heterocycles. The van der Waals surface area contributed by atoms with Crippen LogP contribution in [-0.4, -0.2) is 24.9 Å². The Morgan fingerprint density at radius 3 is 2.68 bits per heavy atom. The molecule has 0 saturated heterocycles. The van der Waals surface area contributed by atoms with Gasteiger partial charge in [-0.3, -0.25) is 4.79 Å². The minimum atomic E-state index is -3.78. The van der Waals surface area contributed by atoms with Crippen molar-refractivity contribution in [3.8, 4) is 0 Å². The highest BCUT2D eigenvalue weighted by Crippen LogP contribution is 2.33. The molecule has 0 bridgehead atoms. The van der Waals surface area contributed by atoms with Gasteiger partial charge >= 0.3 is 0 Å². The number of hydrogen-bond acceptors (Lipinski definition) is 3. The zero-order chi connectivity index (χ0) is 14.2. The summed E-state index contributed by atoms with van der Waals surface area (Å²) in [6.07, 6.45) is 3.44. The zero-order valence-corrected chi connectivity index (χ0v) is 11.9. The molecule has 1 aromatic heterocycles. The van der Waals surface area contributed by atoms with E-state index < -0.39 is 10.0 Å². The van der Waals surface area contributed by atoms with Crippen LogP contribution in [0.3, 0.4) is 0 Å². The van der Waals surface area contributed by atoms with Gasteiger partial charge in [0.15, 0.2) is 0 Å². The number of nitrogens with zero attached hydrogens (tertiary/aromatic N) is 1. The fourth-order valence-electron chi connectivity index (χ4n) is 2.21. The van der Waals surface area contributed by atoms with Gasteiger partial charge in [-0.15, -0.1) is 0 Å². The third kappa shape index (κ3) is 2.98. The van der Waals surface area contributed by atoms with Crippen LogP contribution in [0, 0.1) is 5.92 Å². The third-order valence-electron chi connectivity index (χ3n) is 3.54. The van der Waals surface area contributed by atoms with Crippen molar-refractivity contribution in [1.82, 2.24) is 9.88 Å². The van der Waals surface area contributed by atoms with Gasteiger partial charge in [-0.1, -0.05) is 13.3 Å². The number of amides is 1. The molecule has 0 spiro atoms. The first-order chi connectivity index (χ1) is 8.86. The Bertz CT molecular complexity index is 591. The Labute approximate surface area is 113 Å². The summed E-state index contributed by atoms with van der Waals surface area (Å²) in [4.78, 5) is 12.1. The molecule has 1 amide bonds. The average Bonchev–Trinajstić information content (AvgIpc) is 2.91. The Kier molecular flexibility index (Phi) is 3.69. The predicted molar refractivity (Wildman–Crippen MR) is 71.1 cm³/mol. The molecule has 1 heterocycles. The first kappa shape index (κ1) is 14.1. The molecule has 2 rings (SSSR count). The summed E-state index contributed by atoms with van der Waals surface area (Å²) in [5, 5.41) is 7.99. The van der Waals surface area contributed by atoms with Crippen molar-refractivity contribution >= 4 is 15.9 Å². The van der Waals surface area contributed by atoms with Gasteiger partial charge < -0.3 is 9.88 Å². The number of primary sulfonamides is 1. The Morgan fingerprint density at radius 2 is 2.21 bits per heavy atom. The maximum atomic E-state index is 12.1. The van der Waals surface area contributed by atoms with Crippen LogP contribution in [0.4, 0.5) is 0 Å². The number of nitrogens with two attached hydrogens (primary N) is 1. The molecule has 1 saturated carbocycles. The Balaban J connectivity index is 2.19. The highest BCUT2D eigenvalue weighted by atomic mass is 32.2. The molecule has 19 heavy (non-hydrogen) atoms. The van der Waals surface area contributed by atoms with Crippen molar-refractivity contribution in [3.63, 3.8) is 0 Å². The molecular formula is C12H19N3O3S. The van der Waals surface area contributed by atoms with Crippen molar-refractivity contribution in [1.29, 1.82) is 0 Å². The highest BCUT2D eigenvalue weighted by Gasteiger charge is 2.37. The first-order valence-electron chi connectivity index (χ1n) is 6.40. The molecule has 106 valence electrons. The zero-order valence-electron chi connectivity index (χ0n) is 11.1. The van der Waals surface area contributed by atoms with E-state index >= 15 is 0 Å². The smallest absolute Gasteiger partial charge is 0.268 e. The molecule has 1 fully saturated rings. The number of aromatic nitrogens is 1. The lowest BCUT2D eigenvalue weighted by Gasteiger charge is -2.06. The van der Waals surface area contributed by atoms with Crippen LogP contribution >= 0.6 is 0 Å². The average molecular weight is 285 g/mol. The Morgan fingerprint density at radius 1 is 1.53 bits per heavy atom. The van der Waals surface area contributed by atoms with E-state index in [0.717, 1.165) is 12.8 Å². The second-order valence-corrected chi connectivity index (χ2v) is 6.44. The molecule has 6 nitrogen and oxygen atoms in total. The summed E-state index contributed by atoms with van der Waals surface area (Å²) in [5.74, 6) is 0.310. The normalized spacial score (nSPS) is 22.3.